The maximum atomic E-state index is 6.14. The summed E-state index contributed by atoms with van der Waals surface area (Å²) in [4.78, 5) is 0. The second-order valence-corrected chi connectivity index (χ2v) is 4.63. The minimum absolute atomic E-state index is 0.321. The minimum atomic E-state index is 0.321. The van der Waals surface area contributed by atoms with E-state index in [0.717, 1.165) is 23.6 Å². The molecule has 16 heavy (non-hydrogen) atoms. The molecule has 1 nitrogen and oxygen atoms in total. The van der Waals surface area contributed by atoms with E-state index in [1.165, 1.54) is 11.1 Å². The topological polar surface area (TPSA) is 12.0 Å². The third-order valence-corrected chi connectivity index (χ3v) is 3.10. The van der Waals surface area contributed by atoms with Crippen molar-refractivity contribution < 1.29 is 0 Å². The summed E-state index contributed by atoms with van der Waals surface area (Å²) in [6.07, 6.45) is 0.953. The van der Waals surface area contributed by atoms with E-state index in [0.29, 0.717) is 6.04 Å². The number of nitrogens with one attached hydrogen (secondary N) is 1. The summed E-state index contributed by atoms with van der Waals surface area (Å²) in [6, 6.07) is 6.40. The molecule has 1 aromatic carbocycles. The Hall–Kier alpha value is -0.790. The number of rotatable bonds is 5. The van der Waals surface area contributed by atoms with Gasteiger partial charge in [-0.1, -0.05) is 36.2 Å². The van der Waals surface area contributed by atoms with Crippen LogP contribution < -0.4 is 5.32 Å². The van der Waals surface area contributed by atoms with Gasteiger partial charge < -0.3 is 5.32 Å². The Bertz CT molecular complexity index is 371. The molecule has 0 saturated heterocycles. The number of benzene rings is 1. The summed E-state index contributed by atoms with van der Waals surface area (Å²) in [6.45, 7) is 11.2. The Morgan fingerprint density at radius 3 is 2.75 bits per heavy atom. The zero-order valence-electron chi connectivity index (χ0n) is 10.3. The molecule has 0 aromatic heterocycles. The average Bonchev–Trinajstić information content (AvgIpc) is 2.21. The van der Waals surface area contributed by atoms with Gasteiger partial charge in [0.25, 0.3) is 0 Å². The molecule has 1 rings (SSSR count). The quantitative estimate of drug-likeness (QED) is 0.755. The lowest BCUT2D eigenvalue weighted by atomic mass is 9.96. The summed E-state index contributed by atoms with van der Waals surface area (Å²) in [7, 11) is 0. The molecular formula is C14H20ClN. The summed E-state index contributed by atoms with van der Waals surface area (Å²) < 4.78 is 0. The van der Waals surface area contributed by atoms with E-state index in [9.17, 15) is 0 Å². The molecule has 0 fully saturated rings. The van der Waals surface area contributed by atoms with Crippen LogP contribution in [0.5, 0.6) is 0 Å². The Labute approximate surface area is 104 Å². The van der Waals surface area contributed by atoms with Crippen molar-refractivity contribution in [1.29, 1.82) is 0 Å². The van der Waals surface area contributed by atoms with Crippen molar-refractivity contribution in [3.63, 3.8) is 0 Å². The van der Waals surface area contributed by atoms with E-state index in [4.69, 9.17) is 11.6 Å². The highest BCUT2D eigenvalue weighted by molar-refractivity contribution is 6.31. The molecule has 0 bridgehead atoms. The lowest BCUT2D eigenvalue weighted by Crippen LogP contribution is -2.22. The van der Waals surface area contributed by atoms with Crippen LogP contribution in [0.25, 0.3) is 0 Å². The Kier molecular flexibility index (Phi) is 5.04. The minimum Gasteiger partial charge on any atom is -0.310 e. The van der Waals surface area contributed by atoms with Crippen LogP contribution in [-0.4, -0.2) is 6.54 Å². The second kappa shape index (κ2) is 6.07. The Morgan fingerprint density at radius 1 is 1.50 bits per heavy atom. The van der Waals surface area contributed by atoms with Gasteiger partial charge in [-0.2, -0.15) is 0 Å². The van der Waals surface area contributed by atoms with Crippen molar-refractivity contribution in [2.45, 2.75) is 33.2 Å². The molecular weight excluding hydrogens is 218 g/mol. The van der Waals surface area contributed by atoms with E-state index in [2.05, 4.69) is 38.7 Å². The van der Waals surface area contributed by atoms with Crippen molar-refractivity contribution in [2.75, 3.05) is 6.54 Å². The molecule has 0 radical (unpaired) electrons. The molecule has 88 valence electrons. The molecule has 1 atom stereocenters. The van der Waals surface area contributed by atoms with Crippen LogP contribution in [0, 0.1) is 6.92 Å². The predicted octanol–water partition coefficient (Wildman–Crippen LogP) is 4.27. The molecule has 1 aromatic rings. The number of hydrogen-bond donors (Lipinski definition) is 1. The molecule has 0 heterocycles. The maximum Gasteiger partial charge on any atom is 0.0438 e. The van der Waals surface area contributed by atoms with Crippen LogP contribution in [0.3, 0.4) is 0 Å². The molecule has 0 aliphatic rings. The second-order valence-electron chi connectivity index (χ2n) is 4.23. The van der Waals surface area contributed by atoms with Gasteiger partial charge in [-0.3, -0.25) is 0 Å². The van der Waals surface area contributed by atoms with E-state index < -0.39 is 0 Å². The average molecular weight is 238 g/mol. The molecule has 0 amide bonds. The van der Waals surface area contributed by atoms with Crippen molar-refractivity contribution in [3.8, 4) is 0 Å². The first kappa shape index (κ1) is 13.3. The van der Waals surface area contributed by atoms with Gasteiger partial charge in [0.15, 0.2) is 0 Å². The molecule has 2 heteroatoms. The fraction of sp³-hybridized carbons (Fsp3) is 0.429. The van der Waals surface area contributed by atoms with E-state index in [-0.39, 0.29) is 0 Å². The first-order valence-electron chi connectivity index (χ1n) is 5.69. The highest BCUT2D eigenvalue weighted by Crippen LogP contribution is 2.27. The van der Waals surface area contributed by atoms with E-state index in [1.807, 2.05) is 12.1 Å². The third-order valence-electron chi connectivity index (χ3n) is 2.69. The van der Waals surface area contributed by atoms with Crippen molar-refractivity contribution in [2.24, 2.45) is 0 Å². The SMILES string of the molecule is C=C(C)CC(NCC)c1cccc(Cl)c1C. The standard InChI is InChI=1S/C14H20ClN/c1-5-16-14(9-10(2)3)12-7-6-8-13(15)11(12)4/h6-8,14,16H,2,5,9H2,1,3-4H3. The van der Waals surface area contributed by atoms with E-state index in [1.54, 1.807) is 0 Å². The Balaban J connectivity index is 3.00. The summed E-state index contributed by atoms with van der Waals surface area (Å²) in [5, 5.41) is 4.31. The van der Waals surface area contributed by atoms with Crippen molar-refractivity contribution >= 4 is 11.6 Å². The van der Waals surface area contributed by atoms with Crippen LogP contribution in [0.15, 0.2) is 30.4 Å². The van der Waals surface area contributed by atoms with Crippen LogP contribution in [0.1, 0.15) is 37.4 Å². The highest BCUT2D eigenvalue weighted by Gasteiger charge is 2.13. The summed E-state index contributed by atoms with van der Waals surface area (Å²) >= 11 is 6.14. The highest BCUT2D eigenvalue weighted by atomic mass is 35.5. The van der Waals surface area contributed by atoms with Gasteiger partial charge in [-0.05, 0) is 44.0 Å². The third kappa shape index (κ3) is 3.36. The van der Waals surface area contributed by atoms with Crippen molar-refractivity contribution in [3.05, 3.63) is 46.5 Å². The van der Waals surface area contributed by atoms with Gasteiger partial charge in [-0.15, -0.1) is 6.58 Å². The lowest BCUT2D eigenvalue weighted by molar-refractivity contribution is 0.546. The van der Waals surface area contributed by atoms with Crippen LogP contribution >= 0.6 is 11.6 Å². The van der Waals surface area contributed by atoms with Crippen molar-refractivity contribution in [1.82, 2.24) is 5.32 Å². The van der Waals surface area contributed by atoms with Gasteiger partial charge in [0.2, 0.25) is 0 Å². The maximum absolute atomic E-state index is 6.14. The van der Waals surface area contributed by atoms with Crippen LogP contribution in [0.2, 0.25) is 5.02 Å². The molecule has 0 aliphatic heterocycles. The first-order valence-corrected chi connectivity index (χ1v) is 6.06. The number of halogens is 1. The van der Waals surface area contributed by atoms with Gasteiger partial charge in [0, 0.05) is 11.1 Å². The van der Waals surface area contributed by atoms with Gasteiger partial charge in [0.1, 0.15) is 0 Å². The normalized spacial score (nSPS) is 12.5. The summed E-state index contributed by atoms with van der Waals surface area (Å²) in [5.41, 5.74) is 3.62. The van der Waals surface area contributed by atoms with E-state index >= 15 is 0 Å². The molecule has 1 unspecified atom stereocenters. The van der Waals surface area contributed by atoms with Gasteiger partial charge in [0.05, 0.1) is 0 Å². The molecule has 1 N–H and O–H groups in total. The van der Waals surface area contributed by atoms with Crippen LogP contribution in [0.4, 0.5) is 0 Å². The number of hydrogen-bond acceptors (Lipinski definition) is 1. The Morgan fingerprint density at radius 2 is 2.19 bits per heavy atom. The zero-order valence-corrected chi connectivity index (χ0v) is 11.1. The monoisotopic (exact) mass is 237 g/mol. The first-order chi connectivity index (χ1) is 7.56. The smallest absolute Gasteiger partial charge is 0.0438 e. The van der Waals surface area contributed by atoms with Crippen LogP contribution in [-0.2, 0) is 0 Å². The molecule has 0 spiro atoms. The lowest BCUT2D eigenvalue weighted by Gasteiger charge is -2.21. The molecule has 0 aliphatic carbocycles. The molecule has 0 saturated carbocycles. The zero-order chi connectivity index (χ0) is 12.1. The van der Waals surface area contributed by atoms with Gasteiger partial charge in [-0.25, -0.2) is 0 Å². The largest absolute Gasteiger partial charge is 0.310 e. The summed E-state index contributed by atoms with van der Waals surface area (Å²) in [5.74, 6) is 0. The van der Waals surface area contributed by atoms with Gasteiger partial charge >= 0.3 is 0 Å². The fourth-order valence-corrected chi connectivity index (χ4v) is 2.07. The fourth-order valence-electron chi connectivity index (χ4n) is 1.89. The predicted molar refractivity (Wildman–Crippen MR) is 72.0 cm³/mol.